The summed E-state index contributed by atoms with van der Waals surface area (Å²) in [4.78, 5) is 4.49. The summed E-state index contributed by atoms with van der Waals surface area (Å²) in [5.74, 6) is 0.0142. The Balaban J connectivity index is 1.49. The van der Waals surface area contributed by atoms with Crippen LogP contribution >= 0.6 is 0 Å². The highest BCUT2D eigenvalue weighted by Crippen LogP contribution is 2.37. The van der Waals surface area contributed by atoms with Gasteiger partial charge in [0, 0.05) is 19.1 Å². The molecule has 0 radical (unpaired) electrons. The summed E-state index contributed by atoms with van der Waals surface area (Å²) in [5.41, 5.74) is 16.3. The minimum Gasteiger partial charge on any atom is -0.394 e. The van der Waals surface area contributed by atoms with Crippen LogP contribution in [0, 0.1) is 0 Å². The molecule has 13 unspecified atom stereocenters. The standard InChI is InChI=1S/C26H50N6O10/c1-25(37)11-39-23(18(36)21(25)30-2)42-20-16(32-24(29)26(38)5-6-26)7-15(28)19(17(20)35)41-22-14(27)4-3-13(40-22)9-31-8-12(34)10-33/h12-23,30-31,33-38H,3-11,27-28H2,1-2H3,(H2,29,32). The Kier molecular flexibility index (Phi) is 11.2. The molecule has 0 spiro atoms. The summed E-state index contributed by atoms with van der Waals surface area (Å²) in [7, 11) is 1.60. The van der Waals surface area contributed by atoms with E-state index < -0.39 is 78.5 Å². The summed E-state index contributed by atoms with van der Waals surface area (Å²) in [5, 5.41) is 68.2. The summed E-state index contributed by atoms with van der Waals surface area (Å²) in [6, 6.07) is -2.84. The van der Waals surface area contributed by atoms with Crippen LogP contribution in [0.1, 0.15) is 39.0 Å². The van der Waals surface area contributed by atoms with Crippen molar-refractivity contribution >= 4 is 5.84 Å². The summed E-state index contributed by atoms with van der Waals surface area (Å²) >= 11 is 0. The number of hydrogen-bond donors (Lipinski definition) is 11. The second kappa shape index (κ2) is 13.9. The zero-order valence-corrected chi connectivity index (χ0v) is 24.3. The fourth-order valence-corrected chi connectivity index (χ4v) is 5.87. The third-order valence-electron chi connectivity index (χ3n) is 8.68. The molecule has 2 aliphatic carbocycles. The number of aliphatic hydroxyl groups is 6. The molecule has 2 aliphatic heterocycles. The quantitative estimate of drug-likeness (QED) is 0.0732. The maximum Gasteiger partial charge on any atom is 0.185 e. The third kappa shape index (κ3) is 7.76. The molecular weight excluding hydrogens is 556 g/mol. The second-order valence-electron chi connectivity index (χ2n) is 12.4. The van der Waals surface area contributed by atoms with Gasteiger partial charge in [0.1, 0.15) is 41.5 Å². The molecule has 0 aromatic carbocycles. The Morgan fingerprint density at radius 3 is 2.40 bits per heavy atom. The molecule has 244 valence electrons. The second-order valence-corrected chi connectivity index (χ2v) is 12.4. The van der Waals surface area contributed by atoms with Crippen LogP contribution in [-0.2, 0) is 18.9 Å². The van der Waals surface area contributed by atoms with Gasteiger partial charge < -0.3 is 77.4 Å². The van der Waals surface area contributed by atoms with Gasteiger partial charge in [-0.25, -0.2) is 0 Å². The molecule has 16 nitrogen and oxygen atoms in total. The van der Waals surface area contributed by atoms with Gasteiger partial charge in [-0.2, -0.15) is 0 Å². The molecule has 0 bridgehead atoms. The van der Waals surface area contributed by atoms with Crippen molar-refractivity contribution in [1.82, 2.24) is 10.6 Å². The van der Waals surface area contributed by atoms with Crippen molar-refractivity contribution < 1.29 is 49.6 Å². The highest BCUT2D eigenvalue weighted by molar-refractivity contribution is 5.91. The molecule has 0 amide bonds. The van der Waals surface area contributed by atoms with E-state index in [0.717, 1.165) is 0 Å². The van der Waals surface area contributed by atoms with E-state index in [-0.39, 0.29) is 38.1 Å². The molecule has 0 aromatic rings. The molecule has 2 saturated heterocycles. The predicted molar refractivity (Wildman–Crippen MR) is 149 cm³/mol. The Morgan fingerprint density at radius 1 is 1.07 bits per heavy atom. The number of ether oxygens (including phenoxy) is 4. The number of aliphatic imine (C=N–C) groups is 1. The number of amidine groups is 1. The van der Waals surface area contributed by atoms with E-state index in [2.05, 4.69) is 15.6 Å². The number of likely N-dealkylation sites (N-methyl/N-ethyl adjacent to an activating group) is 1. The Labute approximate surface area is 245 Å². The van der Waals surface area contributed by atoms with Crippen LogP contribution in [0.4, 0.5) is 0 Å². The van der Waals surface area contributed by atoms with Crippen LogP contribution in [-0.4, -0.2) is 154 Å². The molecule has 2 heterocycles. The maximum absolute atomic E-state index is 11.6. The SMILES string of the molecule is CNC1C(O)C(OC2C(N=C(N)C3(O)CC3)CC(N)C(OC3OC(CNCC(O)CO)CCC3N)C2O)OCC1(C)O. The number of hydrogen-bond acceptors (Lipinski definition) is 15. The molecule has 14 N–H and O–H groups in total. The zero-order valence-electron chi connectivity index (χ0n) is 24.3. The van der Waals surface area contributed by atoms with E-state index in [1.54, 1.807) is 7.05 Å². The lowest BCUT2D eigenvalue weighted by atomic mass is 9.83. The lowest BCUT2D eigenvalue weighted by molar-refractivity contribution is -0.306. The number of nitrogens with zero attached hydrogens (tertiary/aromatic N) is 1. The average Bonchev–Trinajstić information content (AvgIpc) is 3.69. The van der Waals surface area contributed by atoms with Gasteiger partial charge in [-0.3, -0.25) is 4.99 Å². The molecule has 4 fully saturated rings. The van der Waals surface area contributed by atoms with Gasteiger partial charge in [0.05, 0.1) is 43.5 Å². The number of nitrogens with one attached hydrogen (secondary N) is 2. The first-order chi connectivity index (χ1) is 19.8. The minimum absolute atomic E-state index is 0.0142. The molecule has 4 aliphatic rings. The summed E-state index contributed by atoms with van der Waals surface area (Å²) < 4.78 is 24.1. The third-order valence-corrected chi connectivity index (χ3v) is 8.68. The van der Waals surface area contributed by atoms with Gasteiger partial charge in [-0.15, -0.1) is 0 Å². The van der Waals surface area contributed by atoms with Crippen LogP contribution in [0.2, 0.25) is 0 Å². The minimum atomic E-state index is -1.38. The fraction of sp³-hybridized carbons (Fsp3) is 0.962. The predicted octanol–water partition coefficient (Wildman–Crippen LogP) is -5.07. The van der Waals surface area contributed by atoms with E-state index in [4.69, 9.17) is 41.3 Å². The molecule has 2 saturated carbocycles. The Hall–Kier alpha value is -1.09. The highest BCUT2D eigenvalue weighted by Gasteiger charge is 2.52. The van der Waals surface area contributed by atoms with Crippen LogP contribution in [0.3, 0.4) is 0 Å². The van der Waals surface area contributed by atoms with Crippen molar-refractivity contribution in [2.45, 2.75) is 124 Å². The van der Waals surface area contributed by atoms with Crippen LogP contribution in [0.25, 0.3) is 0 Å². The van der Waals surface area contributed by atoms with E-state index in [0.29, 0.717) is 32.2 Å². The topological polar surface area (TPSA) is 273 Å². The average molecular weight is 607 g/mol. The molecular formula is C26H50N6O10. The Morgan fingerprint density at radius 2 is 1.76 bits per heavy atom. The number of nitrogens with two attached hydrogens (primary N) is 3. The van der Waals surface area contributed by atoms with Gasteiger partial charge >= 0.3 is 0 Å². The van der Waals surface area contributed by atoms with Crippen molar-refractivity contribution in [2.24, 2.45) is 22.2 Å². The van der Waals surface area contributed by atoms with E-state index in [1.165, 1.54) is 6.92 Å². The Bertz CT molecular complexity index is 913. The first kappa shape index (κ1) is 33.8. The lowest BCUT2D eigenvalue weighted by Gasteiger charge is -2.48. The van der Waals surface area contributed by atoms with Crippen molar-refractivity contribution in [1.29, 1.82) is 0 Å². The highest BCUT2D eigenvalue weighted by atomic mass is 16.7. The fourth-order valence-electron chi connectivity index (χ4n) is 5.87. The van der Waals surface area contributed by atoms with Crippen molar-refractivity contribution in [3.05, 3.63) is 0 Å². The smallest absolute Gasteiger partial charge is 0.185 e. The maximum atomic E-state index is 11.6. The largest absolute Gasteiger partial charge is 0.394 e. The molecule has 42 heavy (non-hydrogen) atoms. The van der Waals surface area contributed by atoms with E-state index in [1.807, 2.05) is 0 Å². The first-order valence-electron chi connectivity index (χ1n) is 14.7. The normalized spacial score (nSPS) is 45.0. The van der Waals surface area contributed by atoms with Crippen molar-refractivity contribution in [3.63, 3.8) is 0 Å². The van der Waals surface area contributed by atoms with Gasteiger partial charge in [-0.05, 0) is 46.1 Å². The number of aliphatic hydroxyl groups excluding tert-OH is 4. The van der Waals surface area contributed by atoms with Crippen LogP contribution in [0.5, 0.6) is 0 Å². The number of rotatable bonds is 12. The van der Waals surface area contributed by atoms with Crippen LogP contribution in [0.15, 0.2) is 4.99 Å². The first-order valence-corrected chi connectivity index (χ1v) is 14.7. The molecule has 4 rings (SSSR count). The van der Waals surface area contributed by atoms with Gasteiger partial charge in [0.15, 0.2) is 12.6 Å². The van der Waals surface area contributed by atoms with Crippen molar-refractivity contribution in [2.75, 3.05) is 33.4 Å². The summed E-state index contributed by atoms with van der Waals surface area (Å²) in [6.45, 7) is 1.61. The van der Waals surface area contributed by atoms with Crippen molar-refractivity contribution in [3.8, 4) is 0 Å². The lowest BCUT2D eigenvalue weighted by Crippen LogP contribution is -2.67. The molecule has 13 atom stereocenters. The van der Waals surface area contributed by atoms with E-state index in [9.17, 15) is 25.5 Å². The van der Waals surface area contributed by atoms with Gasteiger partial charge in [0.25, 0.3) is 0 Å². The molecule has 0 aromatic heterocycles. The molecule has 16 heteroatoms. The zero-order chi connectivity index (χ0) is 30.8. The van der Waals surface area contributed by atoms with Gasteiger partial charge in [-0.1, -0.05) is 0 Å². The van der Waals surface area contributed by atoms with E-state index >= 15 is 0 Å². The summed E-state index contributed by atoms with van der Waals surface area (Å²) in [6.07, 6.45) is -5.82. The van der Waals surface area contributed by atoms with Gasteiger partial charge in [0.2, 0.25) is 0 Å². The monoisotopic (exact) mass is 606 g/mol. The van der Waals surface area contributed by atoms with Crippen LogP contribution < -0.4 is 27.8 Å².